The molecule has 2 heterocycles. The molecule has 0 atom stereocenters. The smallest absolute Gasteiger partial charge is 0.306 e. The Labute approximate surface area is 128 Å². The number of hydrogen-bond acceptors (Lipinski definition) is 4. The number of fused-ring (bicyclic) bond motifs is 1. The van der Waals surface area contributed by atoms with E-state index in [1.807, 2.05) is 0 Å². The zero-order valence-corrected chi connectivity index (χ0v) is 12.6. The van der Waals surface area contributed by atoms with E-state index >= 15 is 0 Å². The molecule has 0 radical (unpaired) electrons. The van der Waals surface area contributed by atoms with Gasteiger partial charge in [0.1, 0.15) is 0 Å². The van der Waals surface area contributed by atoms with Gasteiger partial charge in [-0.1, -0.05) is 0 Å². The second kappa shape index (κ2) is 5.36. The van der Waals surface area contributed by atoms with Crippen molar-refractivity contribution in [1.82, 2.24) is 4.31 Å². The topological polar surface area (TPSA) is 104 Å². The molecule has 0 saturated carbocycles. The van der Waals surface area contributed by atoms with Gasteiger partial charge in [0.15, 0.2) is 0 Å². The van der Waals surface area contributed by atoms with Crippen molar-refractivity contribution in [2.24, 2.45) is 5.92 Å². The highest BCUT2D eigenvalue weighted by Gasteiger charge is 2.32. The summed E-state index contributed by atoms with van der Waals surface area (Å²) in [5, 5.41) is 11.6. The molecule has 0 aliphatic carbocycles. The number of hydrogen-bond donors (Lipinski definition) is 2. The SMILES string of the molecule is O=C1Cc2cc(S(=O)(=O)N3CCC(C(=O)O)CC3)ccc2N1. The van der Waals surface area contributed by atoms with Gasteiger partial charge in [0, 0.05) is 18.8 Å². The molecule has 2 aliphatic heterocycles. The van der Waals surface area contributed by atoms with Crippen LogP contribution in [0.2, 0.25) is 0 Å². The summed E-state index contributed by atoms with van der Waals surface area (Å²) in [5.74, 6) is -1.50. The van der Waals surface area contributed by atoms with Crippen LogP contribution < -0.4 is 5.32 Å². The maximum atomic E-state index is 12.6. The number of carboxylic acids is 1. The van der Waals surface area contributed by atoms with E-state index < -0.39 is 21.9 Å². The minimum atomic E-state index is -3.65. The monoisotopic (exact) mass is 324 g/mol. The molecular weight excluding hydrogens is 308 g/mol. The van der Waals surface area contributed by atoms with Crippen molar-refractivity contribution in [2.45, 2.75) is 24.2 Å². The highest BCUT2D eigenvalue weighted by molar-refractivity contribution is 7.89. The number of aliphatic carboxylic acids is 1. The van der Waals surface area contributed by atoms with Crippen LogP contribution in [0.25, 0.3) is 0 Å². The first-order valence-corrected chi connectivity index (χ1v) is 8.47. The van der Waals surface area contributed by atoms with Gasteiger partial charge in [-0.2, -0.15) is 4.31 Å². The highest BCUT2D eigenvalue weighted by Crippen LogP contribution is 2.29. The molecule has 1 amide bonds. The molecule has 1 fully saturated rings. The number of sulfonamides is 1. The summed E-state index contributed by atoms with van der Waals surface area (Å²) in [6, 6.07) is 4.59. The second-order valence-electron chi connectivity index (χ2n) is 5.56. The maximum Gasteiger partial charge on any atom is 0.306 e. The summed E-state index contributed by atoms with van der Waals surface area (Å²) in [4.78, 5) is 22.4. The Balaban J connectivity index is 1.81. The van der Waals surface area contributed by atoms with Crippen LogP contribution in [0.1, 0.15) is 18.4 Å². The van der Waals surface area contributed by atoms with E-state index in [0.29, 0.717) is 24.1 Å². The molecular formula is C14H16N2O5S. The number of amides is 1. The van der Waals surface area contributed by atoms with E-state index in [0.717, 1.165) is 0 Å². The molecule has 22 heavy (non-hydrogen) atoms. The minimum Gasteiger partial charge on any atom is -0.481 e. The maximum absolute atomic E-state index is 12.6. The molecule has 0 spiro atoms. The molecule has 2 aliphatic rings. The Hall–Kier alpha value is -1.93. The van der Waals surface area contributed by atoms with Crippen LogP contribution in [0.3, 0.4) is 0 Å². The molecule has 0 aromatic heterocycles. The third-order valence-corrected chi connectivity index (χ3v) is 6.04. The van der Waals surface area contributed by atoms with Crippen molar-refractivity contribution in [1.29, 1.82) is 0 Å². The zero-order chi connectivity index (χ0) is 15.9. The summed E-state index contributed by atoms with van der Waals surface area (Å²) in [6.45, 7) is 0.404. The first kappa shape index (κ1) is 15.0. The van der Waals surface area contributed by atoms with E-state index in [1.165, 1.54) is 16.4 Å². The van der Waals surface area contributed by atoms with Crippen molar-refractivity contribution in [3.63, 3.8) is 0 Å². The highest BCUT2D eigenvalue weighted by atomic mass is 32.2. The third-order valence-electron chi connectivity index (χ3n) is 4.14. The second-order valence-corrected chi connectivity index (χ2v) is 7.50. The fourth-order valence-electron chi connectivity index (χ4n) is 2.86. The lowest BCUT2D eigenvalue weighted by Gasteiger charge is -2.29. The van der Waals surface area contributed by atoms with Gasteiger partial charge in [-0.05, 0) is 36.6 Å². The van der Waals surface area contributed by atoms with E-state index in [-0.39, 0.29) is 30.3 Å². The van der Waals surface area contributed by atoms with E-state index in [9.17, 15) is 18.0 Å². The Morgan fingerprint density at radius 2 is 1.95 bits per heavy atom. The summed E-state index contributed by atoms with van der Waals surface area (Å²) in [6.07, 6.45) is 0.818. The van der Waals surface area contributed by atoms with Gasteiger partial charge in [0.05, 0.1) is 17.2 Å². The molecule has 3 rings (SSSR count). The molecule has 8 heteroatoms. The molecule has 1 saturated heterocycles. The van der Waals surface area contributed by atoms with Gasteiger partial charge in [0.2, 0.25) is 15.9 Å². The number of rotatable bonds is 3. The van der Waals surface area contributed by atoms with Crippen LogP contribution in [0.5, 0.6) is 0 Å². The molecule has 1 aromatic carbocycles. The van der Waals surface area contributed by atoms with Gasteiger partial charge in [0.25, 0.3) is 0 Å². The van der Waals surface area contributed by atoms with Crippen LogP contribution in [-0.2, 0) is 26.0 Å². The molecule has 7 nitrogen and oxygen atoms in total. The van der Waals surface area contributed by atoms with Gasteiger partial charge >= 0.3 is 5.97 Å². The van der Waals surface area contributed by atoms with Gasteiger partial charge in [-0.25, -0.2) is 8.42 Å². The van der Waals surface area contributed by atoms with Crippen molar-refractivity contribution >= 4 is 27.6 Å². The fraction of sp³-hybridized carbons (Fsp3) is 0.429. The van der Waals surface area contributed by atoms with Crippen LogP contribution in [0.15, 0.2) is 23.1 Å². The predicted molar refractivity (Wildman–Crippen MR) is 77.9 cm³/mol. The van der Waals surface area contributed by atoms with Crippen molar-refractivity contribution < 1.29 is 23.1 Å². The normalized spacial score (nSPS) is 19.7. The quantitative estimate of drug-likeness (QED) is 0.850. The standard InChI is InChI=1S/C14H16N2O5S/c17-13-8-10-7-11(1-2-12(10)15-13)22(20,21)16-5-3-9(4-6-16)14(18)19/h1-2,7,9H,3-6,8H2,(H,15,17)(H,18,19). The average molecular weight is 324 g/mol. The summed E-state index contributed by atoms with van der Waals surface area (Å²) < 4.78 is 26.6. The molecule has 0 bridgehead atoms. The lowest BCUT2D eigenvalue weighted by atomic mass is 9.99. The number of benzene rings is 1. The fourth-order valence-corrected chi connectivity index (χ4v) is 4.38. The Morgan fingerprint density at radius 3 is 2.59 bits per heavy atom. The number of piperidine rings is 1. The Morgan fingerprint density at radius 1 is 1.27 bits per heavy atom. The third kappa shape index (κ3) is 2.59. The Kier molecular flexibility index (Phi) is 3.65. The number of anilines is 1. The lowest BCUT2D eigenvalue weighted by molar-refractivity contribution is -0.142. The van der Waals surface area contributed by atoms with Crippen LogP contribution >= 0.6 is 0 Å². The first-order valence-electron chi connectivity index (χ1n) is 7.03. The summed E-state index contributed by atoms with van der Waals surface area (Å²) >= 11 is 0. The molecule has 2 N–H and O–H groups in total. The number of carbonyl (C=O) groups is 2. The largest absolute Gasteiger partial charge is 0.481 e. The lowest BCUT2D eigenvalue weighted by Crippen LogP contribution is -2.40. The number of carbonyl (C=O) groups excluding carboxylic acids is 1. The number of nitrogens with one attached hydrogen (secondary N) is 1. The zero-order valence-electron chi connectivity index (χ0n) is 11.8. The van der Waals surface area contributed by atoms with Crippen LogP contribution in [0.4, 0.5) is 5.69 Å². The first-order chi connectivity index (χ1) is 10.4. The van der Waals surface area contributed by atoms with Crippen LogP contribution in [-0.4, -0.2) is 42.8 Å². The summed E-state index contributed by atoms with van der Waals surface area (Å²) in [5.41, 5.74) is 1.32. The molecule has 0 unspecified atom stereocenters. The Bertz CT molecular complexity index is 736. The van der Waals surface area contributed by atoms with Gasteiger partial charge in [-0.3, -0.25) is 9.59 Å². The predicted octanol–water partition coefficient (Wildman–Crippen LogP) is 0.666. The van der Waals surface area contributed by atoms with Crippen molar-refractivity contribution in [2.75, 3.05) is 18.4 Å². The number of nitrogens with zero attached hydrogens (tertiary/aromatic N) is 1. The van der Waals surface area contributed by atoms with Crippen LogP contribution in [0, 0.1) is 5.92 Å². The minimum absolute atomic E-state index is 0.146. The van der Waals surface area contributed by atoms with Crippen molar-refractivity contribution in [3.8, 4) is 0 Å². The van der Waals surface area contributed by atoms with E-state index in [4.69, 9.17) is 5.11 Å². The van der Waals surface area contributed by atoms with Crippen molar-refractivity contribution in [3.05, 3.63) is 23.8 Å². The van der Waals surface area contributed by atoms with E-state index in [1.54, 1.807) is 6.07 Å². The van der Waals surface area contributed by atoms with Gasteiger partial charge < -0.3 is 10.4 Å². The number of carboxylic acid groups (broad SMARTS) is 1. The average Bonchev–Trinajstić information content (AvgIpc) is 2.86. The summed E-state index contributed by atoms with van der Waals surface area (Å²) in [7, 11) is -3.65. The van der Waals surface area contributed by atoms with Gasteiger partial charge in [-0.15, -0.1) is 0 Å². The van der Waals surface area contributed by atoms with E-state index in [2.05, 4.69) is 5.32 Å². The molecule has 118 valence electrons. The molecule has 1 aromatic rings.